The average molecular weight is 459 g/mol. The molecule has 4 aromatic rings. The maximum Gasteiger partial charge on any atom is 0.169 e. The number of hydrogen-bond acceptors (Lipinski definition) is 6. The zero-order chi connectivity index (χ0) is 24.1. The van der Waals surface area contributed by atoms with E-state index in [1.807, 2.05) is 18.2 Å². The van der Waals surface area contributed by atoms with E-state index in [0.717, 1.165) is 22.3 Å². The number of aromatic hydroxyl groups is 5. The van der Waals surface area contributed by atoms with Gasteiger partial charge in [-0.15, -0.1) is 0 Å². The van der Waals surface area contributed by atoms with E-state index in [2.05, 4.69) is 0 Å². The first-order valence-electron chi connectivity index (χ1n) is 11.0. The number of phenols is 5. The van der Waals surface area contributed by atoms with E-state index in [1.165, 1.54) is 12.1 Å². The quantitative estimate of drug-likeness (QED) is 0.236. The Morgan fingerprint density at radius 1 is 0.471 bits per heavy atom. The molecule has 0 amide bonds. The molecule has 0 heterocycles. The van der Waals surface area contributed by atoms with Crippen LogP contribution in [0.25, 0.3) is 0 Å². The Labute approximate surface area is 197 Å². The molecule has 0 unspecified atom stereocenters. The Bertz CT molecular complexity index is 1280. The number of hydrogen-bond donors (Lipinski definition) is 5. The largest absolute Gasteiger partial charge is 0.508 e. The molecule has 6 heteroatoms. The molecule has 0 aliphatic heterocycles. The van der Waals surface area contributed by atoms with Gasteiger partial charge in [-0.1, -0.05) is 18.2 Å². The summed E-state index contributed by atoms with van der Waals surface area (Å²) < 4.78 is 5.83. The van der Waals surface area contributed by atoms with Crippen molar-refractivity contribution in [3.05, 3.63) is 101 Å². The predicted molar refractivity (Wildman–Crippen MR) is 129 cm³/mol. The van der Waals surface area contributed by atoms with Gasteiger partial charge in [-0.05, 0) is 96.5 Å². The standard InChI is InChI=1S/C28H26O6/c29-22-3-1-2-18(10-22)4-7-21-13-25(32)17-26(14-21)34-28-9-8-19(15-27(28)33)5-6-20-11-23(30)16-24(31)12-20/h1-3,8-17,29-33H,4-7H2. The molecule has 0 atom stereocenters. The minimum Gasteiger partial charge on any atom is -0.508 e. The first kappa shape index (κ1) is 22.9. The van der Waals surface area contributed by atoms with Crippen LogP contribution in [0.1, 0.15) is 22.3 Å². The summed E-state index contributed by atoms with van der Waals surface area (Å²) in [6.07, 6.45) is 2.51. The molecule has 0 spiro atoms. The lowest BCUT2D eigenvalue weighted by Gasteiger charge is -2.12. The molecule has 6 nitrogen and oxygen atoms in total. The molecular formula is C28H26O6. The molecule has 0 saturated heterocycles. The van der Waals surface area contributed by atoms with Crippen LogP contribution >= 0.6 is 0 Å². The van der Waals surface area contributed by atoms with E-state index in [-0.39, 0.29) is 34.5 Å². The van der Waals surface area contributed by atoms with E-state index < -0.39 is 0 Å². The third-order valence-corrected chi connectivity index (χ3v) is 5.48. The Balaban J connectivity index is 1.41. The summed E-state index contributed by atoms with van der Waals surface area (Å²) in [6.45, 7) is 0. The molecule has 0 bridgehead atoms. The minimum absolute atomic E-state index is 0.00833. The number of ether oxygens (including phenoxy) is 1. The fraction of sp³-hybridized carbons (Fsp3) is 0.143. The average Bonchev–Trinajstić information content (AvgIpc) is 2.77. The van der Waals surface area contributed by atoms with Gasteiger partial charge in [0.15, 0.2) is 11.5 Å². The summed E-state index contributed by atoms with van der Waals surface area (Å²) in [5.41, 5.74) is 3.51. The fourth-order valence-electron chi connectivity index (χ4n) is 3.87. The highest BCUT2D eigenvalue weighted by atomic mass is 16.5. The van der Waals surface area contributed by atoms with Crippen LogP contribution in [0.5, 0.6) is 40.2 Å². The van der Waals surface area contributed by atoms with E-state index in [9.17, 15) is 25.5 Å². The van der Waals surface area contributed by atoms with Gasteiger partial charge in [-0.3, -0.25) is 0 Å². The first-order valence-corrected chi connectivity index (χ1v) is 11.0. The smallest absolute Gasteiger partial charge is 0.169 e. The van der Waals surface area contributed by atoms with Gasteiger partial charge in [0.05, 0.1) is 0 Å². The molecule has 0 radical (unpaired) electrons. The van der Waals surface area contributed by atoms with E-state index in [0.29, 0.717) is 31.4 Å². The number of phenolic OH excluding ortho intramolecular Hbond substituents is 5. The molecule has 0 aliphatic carbocycles. The Morgan fingerprint density at radius 2 is 1.03 bits per heavy atom. The van der Waals surface area contributed by atoms with Crippen molar-refractivity contribution in [1.82, 2.24) is 0 Å². The van der Waals surface area contributed by atoms with Crippen molar-refractivity contribution in [2.45, 2.75) is 25.7 Å². The van der Waals surface area contributed by atoms with Gasteiger partial charge in [-0.25, -0.2) is 0 Å². The highest BCUT2D eigenvalue weighted by Crippen LogP contribution is 2.34. The van der Waals surface area contributed by atoms with Crippen LogP contribution in [0.3, 0.4) is 0 Å². The molecule has 174 valence electrons. The van der Waals surface area contributed by atoms with Gasteiger partial charge in [0.2, 0.25) is 0 Å². The van der Waals surface area contributed by atoms with Gasteiger partial charge < -0.3 is 30.3 Å². The summed E-state index contributed by atoms with van der Waals surface area (Å²) in [6, 6.07) is 21.6. The zero-order valence-electron chi connectivity index (χ0n) is 18.5. The molecule has 0 aliphatic rings. The Hall–Kier alpha value is -4.32. The molecular weight excluding hydrogens is 432 g/mol. The van der Waals surface area contributed by atoms with Gasteiger partial charge in [-0.2, -0.15) is 0 Å². The van der Waals surface area contributed by atoms with Crippen molar-refractivity contribution in [3.63, 3.8) is 0 Å². The predicted octanol–water partition coefficient (Wildman–Crippen LogP) is 5.58. The van der Waals surface area contributed by atoms with Crippen LogP contribution in [0.4, 0.5) is 0 Å². The van der Waals surface area contributed by atoms with Crippen molar-refractivity contribution in [2.24, 2.45) is 0 Å². The SMILES string of the molecule is Oc1cccc(CCc2cc(O)cc(Oc3ccc(CCc4cc(O)cc(O)c4)cc3O)c2)c1. The molecule has 0 aromatic heterocycles. The second kappa shape index (κ2) is 10.1. The Morgan fingerprint density at radius 3 is 1.68 bits per heavy atom. The van der Waals surface area contributed by atoms with Crippen molar-refractivity contribution >= 4 is 0 Å². The van der Waals surface area contributed by atoms with Crippen LogP contribution < -0.4 is 4.74 Å². The molecule has 4 rings (SSSR count). The fourth-order valence-corrected chi connectivity index (χ4v) is 3.87. The number of rotatable bonds is 8. The van der Waals surface area contributed by atoms with Crippen molar-refractivity contribution in [3.8, 4) is 40.2 Å². The summed E-state index contributed by atoms with van der Waals surface area (Å²) in [5.74, 6) is 0.946. The third-order valence-electron chi connectivity index (χ3n) is 5.48. The molecule has 34 heavy (non-hydrogen) atoms. The Kier molecular flexibility index (Phi) is 6.78. The van der Waals surface area contributed by atoms with Crippen molar-refractivity contribution in [1.29, 1.82) is 0 Å². The monoisotopic (exact) mass is 458 g/mol. The maximum absolute atomic E-state index is 10.5. The summed E-state index contributed by atoms with van der Waals surface area (Å²) >= 11 is 0. The lowest BCUT2D eigenvalue weighted by Crippen LogP contribution is -1.94. The van der Waals surface area contributed by atoms with E-state index in [1.54, 1.807) is 48.5 Å². The second-order valence-corrected chi connectivity index (χ2v) is 8.27. The van der Waals surface area contributed by atoms with Gasteiger partial charge in [0, 0.05) is 12.1 Å². The normalized spacial score (nSPS) is 10.8. The lowest BCUT2D eigenvalue weighted by atomic mass is 10.0. The minimum atomic E-state index is -0.0269. The molecule has 0 saturated carbocycles. The summed E-state index contributed by atoms with van der Waals surface area (Å²) in [5, 5.41) is 49.4. The van der Waals surface area contributed by atoms with Gasteiger partial charge in [0.1, 0.15) is 28.7 Å². The van der Waals surface area contributed by atoms with Crippen LogP contribution in [-0.2, 0) is 25.7 Å². The van der Waals surface area contributed by atoms with Gasteiger partial charge >= 0.3 is 0 Å². The highest BCUT2D eigenvalue weighted by molar-refractivity contribution is 5.47. The van der Waals surface area contributed by atoms with Crippen LogP contribution in [-0.4, -0.2) is 25.5 Å². The van der Waals surface area contributed by atoms with Gasteiger partial charge in [0.25, 0.3) is 0 Å². The second-order valence-electron chi connectivity index (χ2n) is 8.27. The topological polar surface area (TPSA) is 110 Å². The van der Waals surface area contributed by atoms with Crippen LogP contribution in [0, 0.1) is 0 Å². The zero-order valence-corrected chi connectivity index (χ0v) is 18.5. The molecule has 5 N–H and O–H groups in total. The van der Waals surface area contributed by atoms with Crippen LogP contribution in [0.15, 0.2) is 78.9 Å². The lowest BCUT2D eigenvalue weighted by molar-refractivity contribution is 0.406. The molecule has 0 fully saturated rings. The highest BCUT2D eigenvalue weighted by Gasteiger charge is 2.09. The van der Waals surface area contributed by atoms with Crippen LogP contribution in [0.2, 0.25) is 0 Å². The number of benzene rings is 4. The summed E-state index contributed by atoms with van der Waals surface area (Å²) in [4.78, 5) is 0. The number of aryl methyl sites for hydroxylation is 4. The summed E-state index contributed by atoms with van der Waals surface area (Å²) in [7, 11) is 0. The first-order chi connectivity index (χ1) is 16.3. The van der Waals surface area contributed by atoms with Crippen molar-refractivity contribution < 1.29 is 30.3 Å². The van der Waals surface area contributed by atoms with E-state index in [4.69, 9.17) is 4.74 Å². The third kappa shape index (κ3) is 6.13. The van der Waals surface area contributed by atoms with Crippen molar-refractivity contribution in [2.75, 3.05) is 0 Å². The molecule has 4 aromatic carbocycles. The van der Waals surface area contributed by atoms with E-state index >= 15 is 0 Å². The maximum atomic E-state index is 10.5.